The van der Waals surface area contributed by atoms with Crippen LogP contribution in [-0.4, -0.2) is 41.0 Å². The molecule has 6 nitrogen and oxygen atoms in total. The van der Waals surface area contributed by atoms with Crippen LogP contribution in [-0.2, 0) is 27.4 Å². The molecule has 1 N–H and O–H groups in total. The first kappa shape index (κ1) is 15.6. The zero-order chi connectivity index (χ0) is 16.1. The quantitative estimate of drug-likeness (QED) is 0.893. The number of rotatable bonds is 5. The van der Waals surface area contributed by atoms with Gasteiger partial charge in [-0.1, -0.05) is 12.1 Å². The Labute approximate surface area is 138 Å². The minimum absolute atomic E-state index is 0.0232. The van der Waals surface area contributed by atoms with Crippen LogP contribution in [0.15, 0.2) is 41.9 Å². The second-order valence-electron chi connectivity index (χ2n) is 5.17. The summed E-state index contributed by atoms with van der Waals surface area (Å²) in [6, 6.07) is 8.80. The Kier molecular flexibility index (Phi) is 4.99. The van der Waals surface area contributed by atoms with E-state index in [2.05, 4.69) is 10.3 Å². The number of carbonyl (C=O) groups is 2. The van der Waals surface area contributed by atoms with Gasteiger partial charge >= 0.3 is 0 Å². The van der Waals surface area contributed by atoms with Crippen molar-refractivity contribution < 1.29 is 14.3 Å². The van der Waals surface area contributed by atoms with Crippen LogP contribution in [0.3, 0.4) is 0 Å². The molecular formula is C16H17N3O3S. The third kappa shape index (κ3) is 3.94. The van der Waals surface area contributed by atoms with Crippen LogP contribution in [0.25, 0.3) is 0 Å². The van der Waals surface area contributed by atoms with Crippen molar-refractivity contribution in [2.24, 2.45) is 0 Å². The summed E-state index contributed by atoms with van der Waals surface area (Å²) in [6.07, 6.45) is 1.68. The van der Waals surface area contributed by atoms with E-state index in [1.807, 2.05) is 35.7 Å². The van der Waals surface area contributed by atoms with Gasteiger partial charge in [0.2, 0.25) is 11.8 Å². The first-order chi connectivity index (χ1) is 11.2. The van der Waals surface area contributed by atoms with Crippen molar-refractivity contribution in [3.63, 3.8) is 0 Å². The van der Waals surface area contributed by atoms with Crippen LogP contribution in [0.4, 0.5) is 0 Å². The molecule has 1 aliphatic rings. The van der Waals surface area contributed by atoms with E-state index in [0.717, 1.165) is 10.6 Å². The number of thiophene rings is 1. The monoisotopic (exact) mass is 331 g/mol. The zero-order valence-corrected chi connectivity index (χ0v) is 13.3. The largest absolute Gasteiger partial charge is 0.369 e. The standard InChI is InChI=1S/C16H17N3O3S/c20-15-11-22-10-14(19(15)9-13-5-3-7-23-13)16(21)18-8-12-4-1-2-6-17-12/h1-7,14H,8-11H2,(H,18,21). The average Bonchev–Trinajstić information content (AvgIpc) is 3.08. The van der Waals surface area contributed by atoms with Gasteiger partial charge in [-0.25, -0.2) is 0 Å². The first-order valence-corrected chi connectivity index (χ1v) is 8.19. The van der Waals surface area contributed by atoms with Crippen LogP contribution < -0.4 is 5.32 Å². The number of amides is 2. The molecule has 1 aliphatic heterocycles. The van der Waals surface area contributed by atoms with Crippen molar-refractivity contribution >= 4 is 23.2 Å². The molecule has 2 aromatic rings. The molecule has 1 saturated heterocycles. The van der Waals surface area contributed by atoms with Gasteiger partial charge in [0.1, 0.15) is 12.6 Å². The van der Waals surface area contributed by atoms with Gasteiger partial charge in [0.05, 0.1) is 25.4 Å². The summed E-state index contributed by atoms with van der Waals surface area (Å²) >= 11 is 1.57. The van der Waals surface area contributed by atoms with Gasteiger partial charge in [0, 0.05) is 11.1 Å². The lowest BCUT2D eigenvalue weighted by Gasteiger charge is -2.34. The molecule has 120 valence electrons. The van der Waals surface area contributed by atoms with E-state index in [0.29, 0.717) is 13.1 Å². The number of morpholine rings is 1. The van der Waals surface area contributed by atoms with Crippen molar-refractivity contribution in [3.05, 3.63) is 52.5 Å². The van der Waals surface area contributed by atoms with Crippen LogP contribution in [0.5, 0.6) is 0 Å². The van der Waals surface area contributed by atoms with Gasteiger partial charge in [-0.15, -0.1) is 11.3 Å². The van der Waals surface area contributed by atoms with Crippen molar-refractivity contribution in [2.75, 3.05) is 13.2 Å². The maximum absolute atomic E-state index is 12.4. The summed E-state index contributed by atoms with van der Waals surface area (Å²) in [5, 5.41) is 4.78. The van der Waals surface area contributed by atoms with Crippen molar-refractivity contribution in [1.82, 2.24) is 15.2 Å². The van der Waals surface area contributed by atoms with Gasteiger partial charge in [0.25, 0.3) is 0 Å². The Hall–Kier alpha value is -2.25. The Bertz CT molecular complexity index is 660. The summed E-state index contributed by atoms with van der Waals surface area (Å²) in [7, 11) is 0. The number of hydrogen-bond donors (Lipinski definition) is 1. The summed E-state index contributed by atoms with van der Waals surface area (Å²) in [4.78, 5) is 31.4. The van der Waals surface area contributed by atoms with E-state index in [-0.39, 0.29) is 25.0 Å². The van der Waals surface area contributed by atoms with Gasteiger partial charge in [-0.3, -0.25) is 14.6 Å². The molecule has 1 atom stereocenters. The van der Waals surface area contributed by atoms with Crippen LogP contribution in [0.1, 0.15) is 10.6 Å². The molecule has 7 heteroatoms. The Morgan fingerprint density at radius 2 is 2.30 bits per heavy atom. The van der Waals surface area contributed by atoms with Crippen LogP contribution >= 0.6 is 11.3 Å². The van der Waals surface area contributed by atoms with Gasteiger partial charge in [0.15, 0.2) is 0 Å². The third-order valence-corrected chi connectivity index (χ3v) is 4.44. The molecule has 2 aromatic heterocycles. The lowest BCUT2D eigenvalue weighted by Crippen LogP contribution is -2.55. The van der Waals surface area contributed by atoms with Crippen molar-refractivity contribution in [1.29, 1.82) is 0 Å². The second kappa shape index (κ2) is 7.34. The van der Waals surface area contributed by atoms with E-state index >= 15 is 0 Å². The topological polar surface area (TPSA) is 71.5 Å². The average molecular weight is 331 g/mol. The third-order valence-electron chi connectivity index (χ3n) is 3.58. The highest BCUT2D eigenvalue weighted by molar-refractivity contribution is 7.09. The maximum atomic E-state index is 12.4. The number of nitrogens with one attached hydrogen (secondary N) is 1. The summed E-state index contributed by atoms with van der Waals surface area (Å²) in [5.41, 5.74) is 0.772. The summed E-state index contributed by atoms with van der Waals surface area (Å²) < 4.78 is 5.25. The highest BCUT2D eigenvalue weighted by Gasteiger charge is 2.34. The Morgan fingerprint density at radius 3 is 3.04 bits per heavy atom. The molecule has 0 aromatic carbocycles. The fourth-order valence-corrected chi connectivity index (χ4v) is 3.09. The van der Waals surface area contributed by atoms with Gasteiger partial charge < -0.3 is 15.0 Å². The highest BCUT2D eigenvalue weighted by atomic mass is 32.1. The minimum Gasteiger partial charge on any atom is -0.369 e. The molecule has 0 saturated carbocycles. The molecule has 2 amide bonds. The van der Waals surface area contributed by atoms with Crippen LogP contribution in [0.2, 0.25) is 0 Å². The Balaban J connectivity index is 1.65. The van der Waals surface area contributed by atoms with Crippen LogP contribution in [0, 0.1) is 0 Å². The number of aromatic nitrogens is 1. The summed E-state index contributed by atoms with van der Waals surface area (Å²) in [5.74, 6) is -0.386. The normalized spacial score (nSPS) is 18.0. The lowest BCUT2D eigenvalue weighted by atomic mass is 10.2. The molecule has 0 bridgehead atoms. The second-order valence-corrected chi connectivity index (χ2v) is 6.20. The fraction of sp³-hybridized carbons (Fsp3) is 0.312. The molecule has 0 radical (unpaired) electrons. The number of carbonyl (C=O) groups excluding carboxylic acids is 2. The lowest BCUT2D eigenvalue weighted by molar-refractivity contribution is -0.155. The molecule has 0 spiro atoms. The molecule has 1 unspecified atom stereocenters. The molecular weight excluding hydrogens is 314 g/mol. The van der Waals surface area contributed by atoms with Crippen molar-refractivity contribution in [2.45, 2.75) is 19.1 Å². The minimum atomic E-state index is -0.609. The van der Waals surface area contributed by atoms with Gasteiger partial charge in [-0.05, 0) is 23.6 Å². The van der Waals surface area contributed by atoms with E-state index in [1.165, 1.54) is 0 Å². The highest BCUT2D eigenvalue weighted by Crippen LogP contribution is 2.17. The summed E-state index contributed by atoms with van der Waals surface area (Å²) in [6.45, 7) is 0.999. The smallest absolute Gasteiger partial charge is 0.249 e. The predicted molar refractivity (Wildman–Crippen MR) is 85.6 cm³/mol. The molecule has 3 rings (SSSR count). The fourth-order valence-electron chi connectivity index (χ4n) is 2.39. The SMILES string of the molecule is O=C(NCc1ccccn1)C1COCC(=O)N1Cc1cccs1. The number of ether oxygens (including phenoxy) is 1. The Morgan fingerprint density at radius 1 is 1.39 bits per heavy atom. The molecule has 23 heavy (non-hydrogen) atoms. The molecule has 1 fully saturated rings. The van der Waals surface area contributed by atoms with E-state index in [9.17, 15) is 9.59 Å². The predicted octanol–water partition coefficient (Wildman–Crippen LogP) is 1.19. The van der Waals surface area contributed by atoms with E-state index in [1.54, 1.807) is 22.4 Å². The van der Waals surface area contributed by atoms with Gasteiger partial charge in [-0.2, -0.15) is 0 Å². The maximum Gasteiger partial charge on any atom is 0.249 e. The van der Waals surface area contributed by atoms with Crippen molar-refractivity contribution in [3.8, 4) is 0 Å². The van der Waals surface area contributed by atoms with E-state index in [4.69, 9.17) is 4.74 Å². The molecule has 0 aliphatic carbocycles. The first-order valence-electron chi connectivity index (χ1n) is 7.31. The number of pyridine rings is 1. The van der Waals surface area contributed by atoms with E-state index < -0.39 is 6.04 Å². The molecule has 3 heterocycles. The number of hydrogen-bond acceptors (Lipinski definition) is 5. The number of nitrogens with zero attached hydrogens (tertiary/aromatic N) is 2. The zero-order valence-electron chi connectivity index (χ0n) is 12.5.